The molecule has 0 aromatic heterocycles. The molecule has 2 atom stereocenters. The van der Waals surface area contributed by atoms with Crippen molar-refractivity contribution in [3.8, 4) is 0 Å². The van der Waals surface area contributed by atoms with Gasteiger partial charge in [-0.05, 0) is 38.0 Å². The van der Waals surface area contributed by atoms with Gasteiger partial charge in [-0.15, -0.1) is 0 Å². The number of amides is 2. The Labute approximate surface area is 112 Å². The molecule has 1 saturated heterocycles. The summed E-state index contributed by atoms with van der Waals surface area (Å²) in [7, 11) is 0. The number of benzene rings is 1. The summed E-state index contributed by atoms with van der Waals surface area (Å²) in [5.74, 6) is 0. The van der Waals surface area contributed by atoms with E-state index < -0.39 is 0 Å². The second-order valence-corrected chi connectivity index (χ2v) is 4.89. The fraction of sp³-hybridized carbons (Fsp3) is 0.462. The van der Waals surface area contributed by atoms with Crippen LogP contribution in [0.1, 0.15) is 19.8 Å². The Kier molecular flexibility index (Phi) is 4.44. The maximum absolute atomic E-state index is 11.8. The number of rotatable bonds is 3. The summed E-state index contributed by atoms with van der Waals surface area (Å²) in [6.07, 6.45) is 2.18. The van der Waals surface area contributed by atoms with Gasteiger partial charge < -0.3 is 15.4 Å². The Balaban J connectivity index is 1.84. The first kappa shape index (κ1) is 13.2. The van der Waals surface area contributed by atoms with Crippen LogP contribution in [0.25, 0.3) is 0 Å². The van der Waals surface area contributed by atoms with Crippen molar-refractivity contribution in [2.45, 2.75) is 31.9 Å². The molecule has 1 aromatic rings. The van der Waals surface area contributed by atoms with Gasteiger partial charge in [0.2, 0.25) is 0 Å². The van der Waals surface area contributed by atoms with Gasteiger partial charge in [0.15, 0.2) is 0 Å². The van der Waals surface area contributed by atoms with Gasteiger partial charge in [0.1, 0.15) is 0 Å². The summed E-state index contributed by atoms with van der Waals surface area (Å²) in [6, 6.07) is 6.83. The minimum absolute atomic E-state index is 0.00619. The smallest absolute Gasteiger partial charge is 0.319 e. The first-order valence-electron chi connectivity index (χ1n) is 6.10. The molecule has 4 nitrogen and oxygen atoms in total. The first-order valence-corrected chi connectivity index (χ1v) is 6.47. The minimum Gasteiger partial charge on any atom is -0.376 e. The Morgan fingerprint density at radius 2 is 2.39 bits per heavy atom. The van der Waals surface area contributed by atoms with E-state index in [4.69, 9.17) is 16.3 Å². The summed E-state index contributed by atoms with van der Waals surface area (Å²) >= 11 is 5.85. The zero-order valence-corrected chi connectivity index (χ0v) is 11.0. The topological polar surface area (TPSA) is 50.4 Å². The summed E-state index contributed by atoms with van der Waals surface area (Å²) in [5, 5.41) is 6.22. The monoisotopic (exact) mass is 268 g/mol. The maximum Gasteiger partial charge on any atom is 0.319 e. The van der Waals surface area contributed by atoms with E-state index in [0.717, 1.165) is 19.4 Å². The Morgan fingerprint density at radius 1 is 1.56 bits per heavy atom. The van der Waals surface area contributed by atoms with Crippen LogP contribution >= 0.6 is 11.6 Å². The predicted octanol–water partition coefficient (Wildman–Crippen LogP) is 3.03. The lowest BCUT2D eigenvalue weighted by Crippen LogP contribution is -2.42. The van der Waals surface area contributed by atoms with Gasteiger partial charge in [-0.2, -0.15) is 0 Å². The molecule has 0 aliphatic carbocycles. The molecule has 18 heavy (non-hydrogen) atoms. The third kappa shape index (κ3) is 3.62. The van der Waals surface area contributed by atoms with Crippen LogP contribution in [-0.4, -0.2) is 24.8 Å². The van der Waals surface area contributed by atoms with Crippen molar-refractivity contribution in [1.82, 2.24) is 5.32 Å². The molecular weight excluding hydrogens is 252 g/mol. The highest BCUT2D eigenvalue weighted by Crippen LogP contribution is 2.16. The van der Waals surface area contributed by atoms with Gasteiger partial charge in [0, 0.05) is 17.3 Å². The maximum atomic E-state index is 11.8. The highest BCUT2D eigenvalue weighted by molar-refractivity contribution is 6.30. The molecule has 2 rings (SSSR count). The fourth-order valence-corrected chi connectivity index (χ4v) is 2.22. The number of carbonyl (C=O) groups is 1. The molecule has 5 heteroatoms. The van der Waals surface area contributed by atoms with Crippen LogP contribution in [0.5, 0.6) is 0 Å². The standard InChI is InChI=1S/C13H17ClN2O2/c1-9(12-6-3-7-18-12)15-13(17)16-11-5-2-4-10(14)8-11/h2,4-5,8-9,12H,3,6-7H2,1H3,(H2,15,16,17)/t9-,12-/m0/s1. The van der Waals surface area contributed by atoms with E-state index in [2.05, 4.69) is 10.6 Å². The molecule has 2 amide bonds. The van der Waals surface area contributed by atoms with Gasteiger partial charge in [-0.1, -0.05) is 17.7 Å². The number of urea groups is 1. The van der Waals surface area contributed by atoms with Gasteiger partial charge in [-0.3, -0.25) is 0 Å². The number of carbonyl (C=O) groups excluding carboxylic acids is 1. The van der Waals surface area contributed by atoms with E-state index in [1.165, 1.54) is 0 Å². The molecule has 0 saturated carbocycles. The van der Waals surface area contributed by atoms with Crippen LogP contribution in [0.2, 0.25) is 5.02 Å². The lowest BCUT2D eigenvalue weighted by atomic mass is 10.1. The zero-order chi connectivity index (χ0) is 13.0. The number of halogens is 1. The minimum atomic E-state index is -0.236. The third-order valence-corrected chi connectivity index (χ3v) is 3.20. The van der Waals surface area contributed by atoms with Crippen molar-refractivity contribution in [2.24, 2.45) is 0 Å². The molecule has 98 valence electrons. The molecular formula is C13H17ClN2O2. The highest BCUT2D eigenvalue weighted by Gasteiger charge is 2.23. The summed E-state index contributed by atoms with van der Waals surface area (Å²) in [4.78, 5) is 11.8. The average Bonchev–Trinajstić information content (AvgIpc) is 2.81. The molecule has 1 aliphatic heterocycles. The van der Waals surface area contributed by atoms with E-state index >= 15 is 0 Å². The second-order valence-electron chi connectivity index (χ2n) is 4.45. The molecule has 0 bridgehead atoms. The van der Waals surface area contributed by atoms with Crippen molar-refractivity contribution in [1.29, 1.82) is 0 Å². The van der Waals surface area contributed by atoms with Crippen molar-refractivity contribution < 1.29 is 9.53 Å². The predicted molar refractivity (Wildman–Crippen MR) is 72.0 cm³/mol. The summed E-state index contributed by atoms with van der Waals surface area (Å²) in [6.45, 7) is 2.74. The van der Waals surface area contributed by atoms with Gasteiger partial charge in [0.05, 0.1) is 12.1 Å². The summed E-state index contributed by atoms with van der Waals surface area (Å²) in [5.41, 5.74) is 0.680. The van der Waals surface area contributed by atoms with Gasteiger partial charge in [0.25, 0.3) is 0 Å². The lowest BCUT2D eigenvalue weighted by molar-refractivity contribution is 0.0868. The number of ether oxygens (including phenoxy) is 1. The van der Waals surface area contributed by atoms with Crippen LogP contribution in [0.15, 0.2) is 24.3 Å². The van der Waals surface area contributed by atoms with Crippen molar-refractivity contribution in [2.75, 3.05) is 11.9 Å². The number of hydrogen-bond donors (Lipinski definition) is 2. The van der Waals surface area contributed by atoms with Crippen LogP contribution in [0.4, 0.5) is 10.5 Å². The Hall–Kier alpha value is -1.26. The van der Waals surface area contributed by atoms with Crippen LogP contribution in [-0.2, 0) is 4.74 Å². The van der Waals surface area contributed by atoms with E-state index in [1.807, 2.05) is 6.92 Å². The molecule has 1 aliphatic rings. The first-order chi connectivity index (χ1) is 8.65. The molecule has 0 spiro atoms. The normalized spacial score (nSPS) is 20.4. The zero-order valence-electron chi connectivity index (χ0n) is 10.3. The molecule has 0 radical (unpaired) electrons. The number of hydrogen-bond acceptors (Lipinski definition) is 2. The van der Waals surface area contributed by atoms with E-state index in [9.17, 15) is 4.79 Å². The van der Waals surface area contributed by atoms with Gasteiger partial charge >= 0.3 is 6.03 Å². The summed E-state index contributed by atoms with van der Waals surface area (Å²) < 4.78 is 5.52. The van der Waals surface area contributed by atoms with Crippen LogP contribution < -0.4 is 10.6 Å². The van der Waals surface area contributed by atoms with E-state index in [1.54, 1.807) is 24.3 Å². The fourth-order valence-electron chi connectivity index (χ4n) is 2.03. The molecule has 0 unspecified atom stereocenters. The quantitative estimate of drug-likeness (QED) is 0.885. The lowest BCUT2D eigenvalue weighted by Gasteiger charge is -2.20. The molecule has 1 heterocycles. The SMILES string of the molecule is C[C@H](NC(=O)Nc1cccc(Cl)c1)[C@@H]1CCCO1. The second kappa shape index (κ2) is 6.07. The van der Waals surface area contributed by atoms with Crippen molar-refractivity contribution >= 4 is 23.3 Å². The molecule has 1 fully saturated rings. The molecule has 2 N–H and O–H groups in total. The van der Waals surface area contributed by atoms with Crippen molar-refractivity contribution in [3.63, 3.8) is 0 Å². The Bertz CT molecular complexity index is 419. The van der Waals surface area contributed by atoms with Crippen LogP contribution in [0.3, 0.4) is 0 Å². The van der Waals surface area contributed by atoms with Gasteiger partial charge in [-0.25, -0.2) is 4.79 Å². The largest absolute Gasteiger partial charge is 0.376 e. The highest BCUT2D eigenvalue weighted by atomic mass is 35.5. The number of anilines is 1. The van der Waals surface area contributed by atoms with Crippen molar-refractivity contribution in [3.05, 3.63) is 29.3 Å². The Morgan fingerprint density at radius 3 is 3.06 bits per heavy atom. The van der Waals surface area contributed by atoms with E-state index in [-0.39, 0.29) is 18.2 Å². The molecule has 1 aromatic carbocycles. The van der Waals surface area contributed by atoms with E-state index in [0.29, 0.717) is 10.7 Å². The number of nitrogens with one attached hydrogen (secondary N) is 2. The third-order valence-electron chi connectivity index (χ3n) is 2.96. The van der Waals surface area contributed by atoms with Crippen LogP contribution in [0, 0.1) is 0 Å². The average molecular weight is 269 g/mol.